The Hall–Kier alpha value is -1.91. The molecule has 0 spiro atoms. The van der Waals surface area contributed by atoms with Crippen molar-refractivity contribution < 1.29 is 14.3 Å². The van der Waals surface area contributed by atoms with E-state index in [0.29, 0.717) is 17.2 Å². The van der Waals surface area contributed by atoms with Crippen LogP contribution in [0.2, 0.25) is 0 Å². The Morgan fingerprint density at radius 2 is 1.60 bits per heavy atom. The number of hydrogen-bond donors (Lipinski definition) is 1. The van der Waals surface area contributed by atoms with Crippen LogP contribution in [0.1, 0.15) is 26.7 Å². The van der Waals surface area contributed by atoms with Gasteiger partial charge in [0.25, 0.3) is 0 Å². The number of anilines is 1. The number of benzene rings is 1. The van der Waals surface area contributed by atoms with E-state index in [4.69, 9.17) is 9.47 Å². The highest BCUT2D eigenvalue weighted by atomic mass is 16.5. The molecular formula is C15H24N2O3. The fraction of sp³-hybridized carbons (Fsp3) is 0.533. The summed E-state index contributed by atoms with van der Waals surface area (Å²) in [5.74, 6) is 1.18. The largest absolute Gasteiger partial charge is 0.494 e. The zero-order valence-electron chi connectivity index (χ0n) is 12.7. The van der Waals surface area contributed by atoms with Gasteiger partial charge in [0.2, 0.25) is 0 Å². The number of ether oxygens (including phenoxy) is 2. The van der Waals surface area contributed by atoms with Crippen LogP contribution in [0.25, 0.3) is 0 Å². The first kappa shape index (κ1) is 16.1. The molecule has 0 aliphatic heterocycles. The topological polar surface area (TPSA) is 50.8 Å². The number of nitrogens with one attached hydrogen (secondary N) is 1. The number of carbonyl (C=O) groups is 1. The Bertz CT molecular complexity index is 407. The molecule has 0 atom stereocenters. The first-order valence-electron chi connectivity index (χ1n) is 6.94. The predicted octanol–water partition coefficient (Wildman–Crippen LogP) is 3.36. The summed E-state index contributed by atoms with van der Waals surface area (Å²) in [6, 6.07) is 5.28. The van der Waals surface area contributed by atoms with E-state index < -0.39 is 0 Å². The van der Waals surface area contributed by atoms with Crippen molar-refractivity contribution in [1.29, 1.82) is 0 Å². The van der Waals surface area contributed by atoms with E-state index in [9.17, 15) is 4.79 Å². The van der Waals surface area contributed by atoms with Crippen LogP contribution < -0.4 is 14.8 Å². The molecule has 5 heteroatoms. The highest BCUT2D eigenvalue weighted by Crippen LogP contribution is 2.34. The summed E-state index contributed by atoms with van der Waals surface area (Å²) >= 11 is 0. The predicted molar refractivity (Wildman–Crippen MR) is 80.7 cm³/mol. The summed E-state index contributed by atoms with van der Waals surface area (Å²) in [7, 11) is 3.14. The van der Waals surface area contributed by atoms with E-state index in [1.807, 2.05) is 6.07 Å². The number of rotatable bonds is 7. The number of nitrogens with zero attached hydrogens (tertiary/aromatic N) is 1. The van der Waals surface area contributed by atoms with Crippen LogP contribution in [0.5, 0.6) is 11.5 Å². The third-order valence-corrected chi connectivity index (χ3v) is 2.93. The van der Waals surface area contributed by atoms with E-state index in [1.165, 1.54) is 0 Å². The molecule has 0 heterocycles. The Kier molecular flexibility index (Phi) is 6.70. The van der Waals surface area contributed by atoms with E-state index in [-0.39, 0.29) is 6.03 Å². The van der Waals surface area contributed by atoms with Crippen LogP contribution in [-0.4, -0.2) is 38.2 Å². The SMILES string of the molecule is CCCN(CCC)C(=O)Nc1c(OC)cccc1OC. The lowest BCUT2D eigenvalue weighted by atomic mass is 10.2. The Morgan fingerprint density at radius 3 is 2.00 bits per heavy atom. The quantitative estimate of drug-likeness (QED) is 0.833. The van der Waals surface area contributed by atoms with Gasteiger partial charge < -0.3 is 19.7 Å². The second kappa shape index (κ2) is 8.30. The summed E-state index contributed by atoms with van der Waals surface area (Å²) in [6.07, 6.45) is 1.85. The molecule has 0 aliphatic carbocycles. The Balaban J connectivity index is 2.93. The van der Waals surface area contributed by atoms with Crippen molar-refractivity contribution in [2.24, 2.45) is 0 Å². The fourth-order valence-corrected chi connectivity index (χ4v) is 2.02. The number of carbonyl (C=O) groups excluding carboxylic acids is 1. The van der Waals surface area contributed by atoms with Crippen LogP contribution in [0.4, 0.5) is 10.5 Å². The van der Waals surface area contributed by atoms with Gasteiger partial charge in [-0.2, -0.15) is 0 Å². The smallest absolute Gasteiger partial charge is 0.322 e. The lowest BCUT2D eigenvalue weighted by Gasteiger charge is -2.23. The van der Waals surface area contributed by atoms with Gasteiger partial charge in [0.05, 0.1) is 14.2 Å². The van der Waals surface area contributed by atoms with Gasteiger partial charge in [0.1, 0.15) is 17.2 Å². The number of methoxy groups -OCH3 is 2. The minimum absolute atomic E-state index is 0.128. The molecule has 112 valence electrons. The lowest BCUT2D eigenvalue weighted by Crippen LogP contribution is -2.36. The molecule has 0 aromatic heterocycles. The molecule has 0 unspecified atom stereocenters. The third-order valence-electron chi connectivity index (χ3n) is 2.93. The maximum absolute atomic E-state index is 12.3. The van der Waals surface area contributed by atoms with Crippen LogP contribution in [0.15, 0.2) is 18.2 Å². The molecule has 1 aromatic rings. The maximum atomic E-state index is 12.3. The van der Waals surface area contributed by atoms with Gasteiger partial charge in [-0.25, -0.2) is 4.79 Å². The Labute approximate surface area is 120 Å². The van der Waals surface area contributed by atoms with Gasteiger partial charge in [0, 0.05) is 13.1 Å². The van der Waals surface area contributed by atoms with Crippen molar-refractivity contribution in [3.8, 4) is 11.5 Å². The molecule has 0 saturated heterocycles. The molecule has 0 aliphatic rings. The number of urea groups is 1. The van der Waals surface area contributed by atoms with E-state index in [1.54, 1.807) is 31.3 Å². The summed E-state index contributed by atoms with van der Waals surface area (Å²) < 4.78 is 10.6. The van der Waals surface area contributed by atoms with Gasteiger partial charge >= 0.3 is 6.03 Å². The fourth-order valence-electron chi connectivity index (χ4n) is 2.02. The average molecular weight is 280 g/mol. The summed E-state index contributed by atoms with van der Waals surface area (Å²) in [6.45, 7) is 5.58. The minimum Gasteiger partial charge on any atom is -0.494 e. The molecular weight excluding hydrogens is 256 g/mol. The molecule has 1 N–H and O–H groups in total. The monoisotopic (exact) mass is 280 g/mol. The van der Waals surface area contributed by atoms with Crippen molar-refractivity contribution in [2.75, 3.05) is 32.6 Å². The molecule has 1 aromatic carbocycles. The van der Waals surface area contributed by atoms with Crippen LogP contribution in [0.3, 0.4) is 0 Å². The van der Waals surface area contributed by atoms with Gasteiger partial charge in [-0.05, 0) is 25.0 Å². The molecule has 20 heavy (non-hydrogen) atoms. The zero-order chi connectivity index (χ0) is 15.0. The van der Waals surface area contributed by atoms with Gasteiger partial charge in [-0.1, -0.05) is 19.9 Å². The summed E-state index contributed by atoms with van der Waals surface area (Å²) in [5, 5.41) is 2.89. The van der Waals surface area contributed by atoms with Gasteiger partial charge in [-0.15, -0.1) is 0 Å². The molecule has 1 rings (SSSR count). The Morgan fingerprint density at radius 1 is 1.10 bits per heavy atom. The molecule has 5 nitrogen and oxygen atoms in total. The molecule has 0 bridgehead atoms. The van der Waals surface area contributed by atoms with Crippen molar-refractivity contribution in [3.05, 3.63) is 18.2 Å². The standard InChI is InChI=1S/C15H24N2O3/c1-5-10-17(11-6-2)15(18)16-14-12(19-3)8-7-9-13(14)20-4/h7-9H,5-6,10-11H2,1-4H3,(H,16,18). The van der Waals surface area contributed by atoms with E-state index in [0.717, 1.165) is 25.9 Å². The van der Waals surface area contributed by atoms with Crippen molar-refractivity contribution in [2.45, 2.75) is 26.7 Å². The summed E-state index contributed by atoms with van der Waals surface area (Å²) in [5.41, 5.74) is 0.569. The molecule has 0 radical (unpaired) electrons. The van der Waals surface area contributed by atoms with Crippen molar-refractivity contribution in [3.63, 3.8) is 0 Å². The third kappa shape index (κ3) is 4.05. The lowest BCUT2D eigenvalue weighted by molar-refractivity contribution is 0.211. The first-order valence-corrected chi connectivity index (χ1v) is 6.94. The van der Waals surface area contributed by atoms with Gasteiger partial charge in [-0.3, -0.25) is 0 Å². The van der Waals surface area contributed by atoms with E-state index >= 15 is 0 Å². The number of amides is 2. The number of para-hydroxylation sites is 1. The second-order valence-corrected chi connectivity index (χ2v) is 4.45. The first-order chi connectivity index (χ1) is 9.67. The molecule has 0 saturated carbocycles. The minimum atomic E-state index is -0.128. The van der Waals surface area contributed by atoms with Crippen LogP contribution in [0, 0.1) is 0 Å². The van der Waals surface area contributed by atoms with Crippen LogP contribution >= 0.6 is 0 Å². The van der Waals surface area contributed by atoms with Crippen molar-refractivity contribution >= 4 is 11.7 Å². The van der Waals surface area contributed by atoms with Gasteiger partial charge in [0.15, 0.2) is 0 Å². The zero-order valence-corrected chi connectivity index (χ0v) is 12.7. The highest BCUT2D eigenvalue weighted by Gasteiger charge is 2.17. The normalized spacial score (nSPS) is 10.0. The molecule has 2 amide bonds. The number of hydrogen-bond acceptors (Lipinski definition) is 3. The van der Waals surface area contributed by atoms with Crippen molar-refractivity contribution in [1.82, 2.24) is 4.90 Å². The highest BCUT2D eigenvalue weighted by molar-refractivity contribution is 5.93. The van der Waals surface area contributed by atoms with Crippen LogP contribution in [-0.2, 0) is 0 Å². The average Bonchev–Trinajstić information content (AvgIpc) is 2.47. The second-order valence-electron chi connectivity index (χ2n) is 4.45. The van der Waals surface area contributed by atoms with E-state index in [2.05, 4.69) is 19.2 Å². The maximum Gasteiger partial charge on any atom is 0.322 e. The molecule has 0 fully saturated rings. The summed E-state index contributed by atoms with van der Waals surface area (Å²) in [4.78, 5) is 14.1.